The second-order valence-electron chi connectivity index (χ2n) is 6.86. The predicted molar refractivity (Wildman–Crippen MR) is 93.1 cm³/mol. The van der Waals surface area contributed by atoms with Crippen molar-refractivity contribution in [2.45, 2.75) is 78.1 Å². The van der Waals surface area contributed by atoms with Crippen molar-refractivity contribution in [2.75, 3.05) is 20.2 Å². The third-order valence-corrected chi connectivity index (χ3v) is 5.07. The van der Waals surface area contributed by atoms with Crippen LogP contribution in [-0.2, 0) is 14.3 Å². The van der Waals surface area contributed by atoms with Crippen molar-refractivity contribution < 1.29 is 14.3 Å². The number of hydrogen-bond donors (Lipinski definition) is 0. The van der Waals surface area contributed by atoms with E-state index in [-0.39, 0.29) is 17.8 Å². The number of rotatable bonds is 10. The van der Waals surface area contributed by atoms with Crippen LogP contribution in [0.2, 0.25) is 0 Å². The molecule has 4 heteroatoms. The third kappa shape index (κ3) is 7.36. The van der Waals surface area contributed by atoms with Crippen LogP contribution in [0.1, 0.15) is 78.1 Å². The summed E-state index contributed by atoms with van der Waals surface area (Å²) < 4.78 is 4.70. The molecule has 1 fully saturated rings. The molecular formula is C19H35NO3. The van der Waals surface area contributed by atoms with Gasteiger partial charge in [0.1, 0.15) is 0 Å². The Morgan fingerprint density at radius 1 is 1.00 bits per heavy atom. The Bertz CT molecular complexity index is 349. The average molecular weight is 325 g/mol. The van der Waals surface area contributed by atoms with Crippen LogP contribution in [0.15, 0.2) is 0 Å². The zero-order valence-electron chi connectivity index (χ0n) is 15.3. The summed E-state index contributed by atoms with van der Waals surface area (Å²) in [5.74, 6) is 1.01. The van der Waals surface area contributed by atoms with Gasteiger partial charge in [0, 0.05) is 19.0 Å². The zero-order valence-corrected chi connectivity index (χ0v) is 15.3. The topological polar surface area (TPSA) is 46.6 Å². The lowest BCUT2D eigenvalue weighted by Gasteiger charge is -2.32. The monoisotopic (exact) mass is 325 g/mol. The van der Waals surface area contributed by atoms with E-state index < -0.39 is 0 Å². The molecule has 0 aromatic rings. The fourth-order valence-electron chi connectivity index (χ4n) is 3.46. The minimum absolute atomic E-state index is 0.169. The number of esters is 1. The van der Waals surface area contributed by atoms with Gasteiger partial charge in [-0.05, 0) is 38.0 Å². The summed E-state index contributed by atoms with van der Waals surface area (Å²) >= 11 is 0. The van der Waals surface area contributed by atoms with Crippen molar-refractivity contribution >= 4 is 11.9 Å². The Kier molecular flexibility index (Phi) is 9.97. The average Bonchev–Trinajstić information content (AvgIpc) is 2.59. The molecule has 0 unspecified atom stereocenters. The molecule has 0 spiro atoms. The molecular weight excluding hydrogens is 290 g/mol. The Hall–Kier alpha value is -1.06. The molecule has 0 aromatic heterocycles. The summed E-state index contributed by atoms with van der Waals surface area (Å²) in [7, 11) is 1.40. The molecule has 1 rings (SSSR count). The second-order valence-corrected chi connectivity index (χ2v) is 6.86. The van der Waals surface area contributed by atoms with Gasteiger partial charge in [-0.2, -0.15) is 0 Å². The van der Waals surface area contributed by atoms with Gasteiger partial charge in [0.2, 0.25) is 5.91 Å². The van der Waals surface area contributed by atoms with Gasteiger partial charge in [-0.1, -0.05) is 39.5 Å². The largest absolute Gasteiger partial charge is 0.469 e. The molecule has 1 aliphatic rings. The van der Waals surface area contributed by atoms with Crippen molar-refractivity contribution in [2.24, 2.45) is 11.8 Å². The SMILES string of the molecule is CCCCC1CCC(C(=O)N(CCCC)CCC(=O)OC)CC1. The fourth-order valence-corrected chi connectivity index (χ4v) is 3.46. The Morgan fingerprint density at radius 3 is 2.22 bits per heavy atom. The Labute approximate surface area is 141 Å². The maximum atomic E-state index is 12.8. The highest BCUT2D eigenvalue weighted by Gasteiger charge is 2.29. The maximum absolute atomic E-state index is 12.8. The van der Waals surface area contributed by atoms with Crippen LogP contribution in [0.3, 0.4) is 0 Å². The van der Waals surface area contributed by atoms with E-state index in [1.54, 1.807) is 0 Å². The highest BCUT2D eigenvalue weighted by atomic mass is 16.5. The van der Waals surface area contributed by atoms with Crippen LogP contribution in [0, 0.1) is 11.8 Å². The third-order valence-electron chi connectivity index (χ3n) is 5.07. The highest BCUT2D eigenvalue weighted by Crippen LogP contribution is 2.33. The van der Waals surface area contributed by atoms with Crippen molar-refractivity contribution in [1.82, 2.24) is 4.90 Å². The lowest BCUT2D eigenvalue weighted by molar-refractivity contribution is -0.142. The molecule has 1 aliphatic carbocycles. The molecule has 1 saturated carbocycles. The molecule has 0 bridgehead atoms. The lowest BCUT2D eigenvalue weighted by Crippen LogP contribution is -2.39. The number of unbranched alkanes of at least 4 members (excludes halogenated alkanes) is 2. The van der Waals surface area contributed by atoms with Crippen molar-refractivity contribution in [3.05, 3.63) is 0 Å². The minimum atomic E-state index is -0.234. The normalized spacial score (nSPS) is 21.0. The van der Waals surface area contributed by atoms with Gasteiger partial charge in [0.25, 0.3) is 0 Å². The number of methoxy groups -OCH3 is 1. The van der Waals surface area contributed by atoms with E-state index in [1.165, 1.54) is 39.2 Å². The second kappa shape index (κ2) is 11.5. The summed E-state index contributed by atoms with van der Waals surface area (Å²) in [5.41, 5.74) is 0. The fraction of sp³-hybridized carbons (Fsp3) is 0.895. The number of carbonyl (C=O) groups excluding carboxylic acids is 2. The summed E-state index contributed by atoms with van der Waals surface area (Å²) in [5, 5.41) is 0. The smallest absolute Gasteiger partial charge is 0.307 e. The van der Waals surface area contributed by atoms with Crippen LogP contribution in [0.4, 0.5) is 0 Å². The lowest BCUT2D eigenvalue weighted by atomic mass is 9.79. The molecule has 1 amide bonds. The van der Waals surface area contributed by atoms with Crippen LogP contribution >= 0.6 is 0 Å². The summed E-state index contributed by atoms with van der Waals surface area (Å²) in [6.07, 6.45) is 10.7. The molecule has 0 atom stereocenters. The number of carbonyl (C=O) groups is 2. The standard InChI is InChI=1S/C19H35NO3/c1-4-6-8-16-9-11-17(12-10-16)19(22)20(14-7-5-2)15-13-18(21)23-3/h16-17H,4-15H2,1-3H3. The van der Waals surface area contributed by atoms with Crippen LogP contribution in [0.5, 0.6) is 0 Å². The van der Waals surface area contributed by atoms with Gasteiger partial charge in [0.15, 0.2) is 0 Å². The van der Waals surface area contributed by atoms with E-state index in [2.05, 4.69) is 13.8 Å². The maximum Gasteiger partial charge on any atom is 0.307 e. The first-order valence-electron chi connectivity index (χ1n) is 9.47. The first-order valence-corrected chi connectivity index (χ1v) is 9.47. The van der Waals surface area contributed by atoms with Crippen molar-refractivity contribution in [3.63, 3.8) is 0 Å². The van der Waals surface area contributed by atoms with E-state index in [0.29, 0.717) is 13.0 Å². The molecule has 0 N–H and O–H groups in total. The molecule has 0 aromatic carbocycles. The van der Waals surface area contributed by atoms with E-state index in [1.807, 2.05) is 4.90 Å². The summed E-state index contributed by atoms with van der Waals surface area (Å²) in [6, 6.07) is 0. The predicted octanol–water partition coefficient (Wildman–Crippen LogP) is 4.17. The van der Waals surface area contributed by atoms with Gasteiger partial charge < -0.3 is 9.64 Å². The van der Waals surface area contributed by atoms with Crippen molar-refractivity contribution in [3.8, 4) is 0 Å². The van der Waals surface area contributed by atoms with E-state index >= 15 is 0 Å². The van der Waals surface area contributed by atoms with Gasteiger partial charge in [0.05, 0.1) is 13.5 Å². The van der Waals surface area contributed by atoms with Crippen LogP contribution in [-0.4, -0.2) is 37.0 Å². The first kappa shape index (κ1) is 20.0. The van der Waals surface area contributed by atoms with Crippen LogP contribution < -0.4 is 0 Å². The molecule has 0 saturated heterocycles. The van der Waals surface area contributed by atoms with Crippen LogP contribution in [0.25, 0.3) is 0 Å². The van der Waals surface area contributed by atoms with E-state index in [0.717, 1.165) is 38.1 Å². The van der Waals surface area contributed by atoms with Gasteiger partial charge >= 0.3 is 5.97 Å². The quantitative estimate of drug-likeness (QED) is 0.566. The summed E-state index contributed by atoms with van der Waals surface area (Å²) in [6.45, 7) is 5.63. The summed E-state index contributed by atoms with van der Waals surface area (Å²) in [4.78, 5) is 26.1. The molecule has 0 radical (unpaired) electrons. The number of nitrogens with zero attached hydrogens (tertiary/aromatic N) is 1. The molecule has 0 heterocycles. The number of amides is 1. The van der Waals surface area contributed by atoms with E-state index in [4.69, 9.17) is 4.74 Å². The molecule has 0 aliphatic heterocycles. The molecule has 4 nitrogen and oxygen atoms in total. The minimum Gasteiger partial charge on any atom is -0.469 e. The number of hydrogen-bond acceptors (Lipinski definition) is 3. The number of ether oxygens (including phenoxy) is 1. The molecule has 23 heavy (non-hydrogen) atoms. The first-order chi connectivity index (χ1) is 11.1. The highest BCUT2D eigenvalue weighted by molar-refractivity contribution is 5.79. The zero-order chi connectivity index (χ0) is 17.1. The van der Waals surface area contributed by atoms with Crippen molar-refractivity contribution in [1.29, 1.82) is 0 Å². The van der Waals surface area contributed by atoms with E-state index in [9.17, 15) is 9.59 Å². The Balaban J connectivity index is 2.47. The van der Waals surface area contributed by atoms with Gasteiger partial charge in [-0.15, -0.1) is 0 Å². The van der Waals surface area contributed by atoms with Gasteiger partial charge in [-0.25, -0.2) is 0 Å². The van der Waals surface area contributed by atoms with Gasteiger partial charge in [-0.3, -0.25) is 9.59 Å². The Morgan fingerprint density at radius 2 is 1.65 bits per heavy atom. The molecule has 134 valence electrons.